The third kappa shape index (κ3) is 4.07. The summed E-state index contributed by atoms with van der Waals surface area (Å²) in [7, 11) is 0. The number of aromatic nitrogens is 2. The Hall–Kier alpha value is -2.64. The Bertz CT molecular complexity index is 736. The first kappa shape index (κ1) is 17.2. The van der Waals surface area contributed by atoms with E-state index in [1.807, 2.05) is 0 Å². The van der Waals surface area contributed by atoms with Gasteiger partial charge in [-0.3, -0.25) is 9.78 Å². The predicted molar refractivity (Wildman–Crippen MR) is 87.0 cm³/mol. The van der Waals surface area contributed by atoms with Crippen molar-refractivity contribution in [3.05, 3.63) is 48.4 Å². The van der Waals surface area contributed by atoms with Crippen LogP contribution in [0.15, 0.2) is 42.9 Å². The number of nitrogens with one attached hydrogen (secondary N) is 1. The van der Waals surface area contributed by atoms with E-state index in [0.717, 1.165) is 6.07 Å². The zero-order chi connectivity index (χ0) is 17.9. The molecule has 2 aromatic heterocycles. The number of carbonyl (C=O) groups is 1. The van der Waals surface area contributed by atoms with Gasteiger partial charge in [0, 0.05) is 25.5 Å². The number of amides is 1. The maximum absolute atomic E-state index is 13.2. The van der Waals surface area contributed by atoms with Crippen molar-refractivity contribution in [3.63, 3.8) is 0 Å². The first-order valence-corrected chi connectivity index (χ1v) is 7.93. The van der Waals surface area contributed by atoms with E-state index in [4.69, 9.17) is 0 Å². The molecule has 0 saturated carbocycles. The largest absolute Gasteiger partial charge is 0.419 e. The van der Waals surface area contributed by atoms with Gasteiger partial charge in [-0.15, -0.1) is 0 Å². The summed E-state index contributed by atoms with van der Waals surface area (Å²) in [5.41, 5.74) is -0.207. The molecule has 8 heteroatoms. The number of halogens is 3. The van der Waals surface area contributed by atoms with Crippen LogP contribution < -0.4 is 10.2 Å². The zero-order valence-electron chi connectivity index (χ0n) is 13.3. The quantitative estimate of drug-likeness (QED) is 0.922. The highest BCUT2D eigenvalue weighted by atomic mass is 19.4. The number of nitrogens with zero attached hydrogens (tertiary/aromatic N) is 3. The molecule has 3 rings (SSSR count). The van der Waals surface area contributed by atoms with Crippen molar-refractivity contribution >= 4 is 17.4 Å². The maximum atomic E-state index is 13.2. The lowest BCUT2D eigenvalue weighted by atomic mass is 9.96. The van der Waals surface area contributed by atoms with Gasteiger partial charge >= 0.3 is 6.18 Å². The molecular formula is C17H17F3N4O. The first-order valence-electron chi connectivity index (χ1n) is 7.93. The second kappa shape index (κ2) is 7.08. The van der Waals surface area contributed by atoms with Crippen LogP contribution in [0.5, 0.6) is 0 Å². The summed E-state index contributed by atoms with van der Waals surface area (Å²) in [4.78, 5) is 21.8. The summed E-state index contributed by atoms with van der Waals surface area (Å²) in [5, 5.41) is 2.76. The molecule has 3 heterocycles. The minimum Gasteiger partial charge on any atom is -0.355 e. The fourth-order valence-corrected chi connectivity index (χ4v) is 2.93. The lowest BCUT2D eigenvalue weighted by Gasteiger charge is -2.34. The van der Waals surface area contributed by atoms with Crippen molar-refractivity contribution in [1.82, 2.24) is 9.97 Å². The van der Waals surface area contributed by atoms with Gasteiger partial charge in [0.2, 0.25) is 5.91 Å². The standard InChI is InChI=1S/C17H17F3N4O/c18-17(19,20)14-6-2-8-22-15(14)24-9-3-4-12(11-24)16(25)23-13-5-1-7-21-10-13/h1-2,5-8,10,12H,3-4,9,11H2,(H,23,25)/t12-/m0/s1. The van der Waals surface area contributed by atoms with Crippen molar-refractivity contribution in [2.24, 2.45) is 5.92 Å². The Kier molecular flexibility index (Phi) is 4.87. The predicted octanol–water partition coefficient (Wildman–Crippen LogP) is 3.35. The van der Waals surface area contributed by atoms with Gasteiger partial charge in [0.05, 0.1) is 23.4 Å². The van der Waals surface area contributed by atoms with Gasteiger partial charge in [-0.05, 0) is 37.1 Å². The van der Waals surface area contributed by atoms with E-state index in [2.05, 4.69) is 15.3 Å². The van der Waals surface area contributed by atoms with Crippen LogP contribution in [0.2, 0.25) is 0 Å². The molecule has 1 N–H and O–H groups in total. The van der Waals surface area contributed by atoms with E-state index in [-0.39, 0.29) is 18.3 Å². The van der Waals surface area contributed by atoms with Crippen molar-refractivity contribution in [3.8, 4) is 0 Å². The van der Waals surface area contributed by atoms with Crippen LogP contribution in [0, 0.1) is 5.92 Å². The van der Waals surface area contributed by atoms with Gasteiger partial charge in [-0.2, -0.15) is 13.2 Å². The van der Waals surface area contributed by atoms with Crippen LogP contribution in [0.1, 0.15) is 18.4 Å². The highest BCUT2D eigenvalue weighted by Crippen LogP contribution is 2.36. The molecule has 0 spiro atoms. The Morgan fingerprint density at radius 2 is 2.04 bits per heavy atom. The third-order valence-electron chi connectivity index (χ3n) is 4.11. The molecule has 0 unspecified atom stereocenters. The summed E-state index contributed by atoms with van der Waals surface area (Å²) < 4.78 is 39.6. The number of piperidine rings is 1. The third-order valence-corrected chi connectivity index (χ3v) is 4.11. The highest BCUT2D eigenvalue weighted by Gasteiger charge is 2.37. The summed E-state index contributed by atoms with van der Waals surface area (Å²) in [5.74, 6) is -0.742. The van der Waals surface area contributed by atoms with E-state index in [0.29, 0.717) is 25.1 Å². The molecule has 132 valence electrons. The van der Waals surface area contributed by atoms with Crippen LogP contribution in [-0.4, -0.2) is 29.0 Å². The van der Waals surface area contributed by atoms with E-state index in [1.165, 1.54) is 18.5 Å². The monoisotopic (exact) mass is 350 g/mol. The molecule has 0 aromatic carbocycles. The molecule has 1 amide bonds. The van der Waals surface area contributed by atoms with E-state index in [9.17, 15) is 18.0 Å². The van der Waals surface area contributed by atoms with E-state index < -0.39 is 17.7 Å². The molecule has 0 bridgehead atoms. The van der Waals surface area contributed by atoms with Crippen molar-refractivity contribution in [1.29, 1.82) is 0 Å². The number of rotatable bonds is 3. The second-order valence-electron chi connectivity index (χ2n) is 5.89. The summed E-state index contributed by atoms with van der Waals surface area (Å²) in [6.45, 7) is 0.642. The molecule has 25 heavy (non-hydrogen) atoms. The Morgan fingerprint density at radius 3 is 2.76 bits per heavy atom. The Balaban J connectivity index is 1.75. The molecule has 1 saturated heterocycles. The number of pyridine rings is 2. The van der Waals surface area contributed by atoms with Gasteiger partial charge < -0.3 is 10.2 Å². The van der Waals surface area contributed by atoms with E-state index >= 15 is 0 Å². The van der Waals surface area contributed by atoms with Crippen molar-refractivity contribution in [2.45, 2.75) is 19.0 Å². The molecule has 1 aliphatic heterocycles. The van der Waals surface area contributed by atoms with Crippen LogP contribution in [0.25, 0.3) is 0 Å². The molecule has 5 nitrogen and oxygen atoms in total. The Labute approximate surface area is 142 Å². The molecule has 0 aliphatic carbocycles. The molecule has 1 atom stereocenters. The molecule has 0 radical (unpaired) electrons. The van der Waals surface area contributed by atoms with Crippen LogP contribution in [0.4, 0.5) is 24.7 Å². The fraction of sp³-hybridized carbons (Fsp3) is 0.353. The first-order chi connectivity index (χ1) is 11.9. The topological polar surface area (TPSA) is 58.1 Å². The number of hydrogen-bond donors (Lipinski definition) is 1. The van der Waals surface area contributed by atoms with Gasteiger partial charge in [-0.1, -0.05) is 0 Å². The fourth-order valence-electron chi connectivity index (χ4n) is 2.93. The minimum absolute atomic E-state index is 0.117. The van der Waals surface area contributed by atoms with E-state index in [1.54, 1.807) is 23.2 Å². The van der Waals surface area contributed by atoms with Crippen LogP contribution >= 0.6 is 0 Å². The zero-order valence-corrected chi connectivity index (χ0v) is 13.3. The van der Waals surface area contributed by atoms with Crippen molar-refractivity contribution in [2.75, 3.05) is 23.3 Å². The molecule has 2 aromatic rings. The highest BCUT2D eigenvalue weighted by molar-refractivity contribution is 5.92. The molecular weight excluding hydrogens is 333 g/mol. The normalized spacial score (nSPS) is 18.0. The average Bonchev–Trinajstić information content (AvgIpc) is 2.62. The molecule has 1 fully saturated rings. The van der Waals surface area contributed by atoms with Gasteiger partial charge in [0.1, 0.15) is 5.82 Å². The molecule has 1 aliphatic rings. The SMILES string of the molecule is O=C(Nc1cccnc1)[C@H]1CCCN(c2ncccc2C(F)(F)F)C1. The Morgan fingerprint density at radius 1 is 1.24 bits per heavy atom. The minimum atomic E-state index is -4.48. The maximum Gasteiger partial charge on any atom is 0.419 e. The van der Waals surface area contributed by atoms with Gasteiger partial charge in [0.15, 0.2) is 0 Å². The summed E-state index contributed by atoms with van der Waals surface area (Å²) in [6.07, 6.45) is 1.23. The van der Waals surface area contributed by atoms with Crippen LogP contribution in [-0.2, 0) is 11.0 Å². The average molecular weight is 350 g/mol. The summed E-state index contributed by atoms with van der Waals surface area (Å²) in [6, 6.07) is 5.70. The van der Waals surface area contributed by atoms with Crippen molar-refractivity contribution < 1.29 is 18.0 Å². The smallest absolute Gasteiger partial charge is 0.355 e. The lowest BCUT2D eigenvalue weighted by molar-refractivity contribution is -0.137. The number of anilines is 2. The van der Waals surface area contributed by atoms with Crippen LogP contribution in [0.3, 0.4) is 0 Å². The second-order valence-corrected chi connectivity index (χ2v) is 5.89. The lowest BCUT2D eigenvalue weighted by Crippen LogP contribution is -2.42. The van der Waals surface area contributed by atoms with Gasteiger partial charge in [-0.25, -0.2) is 4.98 Å². The number of hydrogen-bond acceptors (Lipinski definition) is 4. The number of alkyl halides is 3. The summed E-state index contributed by atoms with van der Waals surface area (Å²) >= 11 is 0. The van der Waals surface area contributed by atoms with Gasteiger partial charge in [0.25, 0.3) is 0 Å². The number of carbonyl (C=O) groups excluding carboxylic acids is 1.